The molecule has 0 aliphatic heterocycles. The van der Waals surface area contributed by atoms with Crippen molar-refractivity contribution in [1.29, 1.82) is 5.26 Å². The monoisotopic (exact) mass is 376 g/mol. The van der Waals surface area contributed by atoms with Gasteiger partial charge in [-0.2, -0.15) is 5.26 Å². The molecule has 2 N–H and O–H groups in total. The Morgan fingerprint density at radius 1 is 1.21 bits per heavy atom. The molecule has 6 heteroatoms. The van der Waals surface area contributed by atoms with E-state index in [0.717, 1.165) is 27.7 Å². The molecule has 2 heterocycles. The summed E-state index contributed by atoms with van der Waals surface area (Å²) in [6, 6.07) is 7.65. The van der Waals surface area contributed by atoms with Gasteiger partial charge in [0.25, 0.3) is 11.5 Å². The van der Waals surface area contributed by atoms with Crippen molar-refractivity contribution in [2.24, 2.45) is 0 Å². The Labute approximate surface area is 163 Å². The molecular formula is C22H24N4O2. The zero-order chi connectivity index (χ0) is 20.6. The van der Waals surface area contributed by atoms with Gasteiger partial charge in [0.05, 0.1) is 22.7 Å². The normalized spacial score (nSPS) is 11.0. The maximum absolute atomic E-state index is 13.0. The molecule has 2 aromatic heterocycles. The topological polar surface area (TPSA) is 90.7 Å². The number of nitrogens with zero attached hydrogens (tertiary/aromatic N) is 2. The molecule has 0 saturated carbocycles. The van der Waals surface area contributed by atoms with E-state index in [2.05, 4.69) is 34.8 Å². The minimum absolute atomic E-state index is 0.127. The van der Waals surface area contributed by atoms with Crippen molar-refractivity contribution < 1.29 is 4.79 Å². The van der Waals surface area contributed by atoms with Gasteiger partial charge in [0.2, 0.25) is 0 Å². The van der Waals surface area contributed by atoms with Crippen molar-refractivity contribution in [2.75, 3.05) is 0 Å². The van der Waals surface area contributed by atoms with Crippen LogP contribution in [0, 0.1) is 32.1 Å². The van der Waals surface area contributed by atoms with Crippen molar-refractivity contribution in [2.45, 2.75) is 47.2 Å². The zero-order valence-corrected chi connectivity index (χ0v) is 16.8. The summed E-state index contributed by atoms with van der Waals surface area (Å²) in [4.78, 5) is 27.9. The van der Waals surface area contributed by atoms with E-state index in [-0.39, 0.29) is 24.1 Å². The van der Waals surface area contributed by atoms with Crippen LogP contribution < -0.4 is 10.9 Å². The van der Waals surface area contributed by atoms with Gasteiger partial charge in [-0.3, -0.25) is 9.59 Å². The van der Waals surface area contributed by atoms with Crippen molar-refractivity contribution in [1.82, 2.24) is 14.9 Å². The number of rotatable bonds is 4. The Hall–Kier alpha value is -3.33. The molecule has 3 rings (SSSR count). The first kappa shape index (κ1) is 19.4. The number of hydrogen-bond donors (Lipinski definition) is 2. The Morgan fingerprint density at radius 3 is 2.54 bits per heavy atom. The van der Waals surface area contributed by atoms with E-state index in [0.29, 0.717) is 16.7 Å². The minimum atomic E-state index is -0.300. The Morgan fingerprint density at radius 2 is 1.93 bits per heavy atom. The maximum atomic E-state index is 13.0. The standard InChI is InChI=1S/C22H24N4O2/c1-12(2)26-11-14(4)20-17(7-16(9-23)8-19(20)26)21(27)24-10-18-13(3)6-15(5)25-22(18)28/h6-8,11-12H,10H2,1-5H3,(H,24,27)(H,25,28). The second-order valence-corrected chi connectivity index (χ2v) is 7.47. The van der Waals surface area contributed by atoms with Crippen molar-refractivity contribution >= 4 is 16.8 Å². The van der Waals surface area contributed by atoms with Crippen molar-refractivity contribution in [3.63, 3.8) is 0 Å². The molecule has 0 unspecified atom stereocenters. The van der Waals surface area contributed by atoms with Crippen molar-refractivity contribution in [3.05, 3.63) is 68.3 Å². The van der Waals surface area contributed by atoms with E-state index in [9.17, 15) is 14.9 Å². The van der Waals surface area contributed by atoms with Crippen LogP contribution in [0.15, 0.2) is 29.2 Å². The van der Waals surface area contributed by atoms with Crippen LogP contribution in [-0.4, -0.2) is 15.5 Å². The Kier molecular flexibility index (Phi) is 5.10. The van der Waals surface area contributed by atoms with E-state index in [4.69, 9.17) is 0 Å². The molecule has 0 fully saturated rings. The number of aryl methyl sites for hydroxylation is 3. The van der Waals surface area contributed by atoms with Crippen LogP contribution in [0.2, 0.25) is 0 Å². The molecule has 0 bridgehead atoms. The lowest BCUT2D eigenvalue weighted by Crippen LogP contribution is -2.28. The third kappa shape index (κ3) is 3.44. The van der Waals surface area contributed by atoms with Gasteiger partial charge >= 0.3 is 0 Å². The summed E-state index contributed by atoms with van der Waals surface area (Å²) in [7, 11) is 0. The number of H-pyrrole nitrogens is 1. The van der Waals surface area contributed by atoms with Gasteiger partial charge in [0.1, 0.15) is 0 Å². The molecule has 0 spiro atoms. The molecule has 3 aromatic rings. The number of carbonyl (C=O) groups is 1. The lowest BCUT2D eigenvalue weighted by atomic mass is 10.0. The third-order valence-corrected chi connectivity index (χ3v) is 4.97. The van der Waals surface area contributed by atoms with Gasteiger partial charge in [-0.05, 0) is 63.9 Å². The van der Waals surface area contributed by atoms with E-state index >= 15 is 0 Å². The molecule has 0 saturated heterocycles. The average molecular weight is 376 g/mol. The number of nitriles is 1. The maximum Gasteiger partial charge on any atom is 0.253 e. The fourth-order valence-electron chi connectivity index (χ4n) is 3.62. The highest BCUT2D eigenvalue weighted by atomic mass is 16.1. The first-order chi connectivity index (χ1) is 13.2. The molecule has 0 aliphatic carbocycles. The van der Waals surface area contributed by atoms with Crippen LogP contribution >= 0.6 is 0 Å². The number of aromatic amines is 1. The van der Waals surface area contributed by atoms with Crippen LogP contribution in [0.3, 0.4) is 0 Å². The number of nitrogens with one attached hydrogen (secondary N) is 2. The Bertz CT molecular complexity index is 1180. The number of aromatic nitrogens is 2. The lowest BCUT2D eigenvalue weighted by molar-refractivity contribution is 0.0952. The summed E-state index contributed by atoms with van der Waals surface area (Å²) in [5.74, 6) is -0.300. The second-order valence-electron chi connectivity index (χ2n) is 7.47. The summed E-state index contributed by atoms with van der Waals surface area (Å²) in [6.07, 6.45) is 2.00. The highest BCUT2D eigenvalue weighted by Gasteiger charge is 2.18. The summed E-state index contributed by atoms with van der Waals surface area (Å²) >= 11 is 0. The van der Waals surface area contributed by atoms with Gasteiger partial charge in [-0.25, -0.2) is 0 Å². The number of hydrogen-bond acceptors (Lipinski definition) is 3. The van der Waals surface area contributed by atoms with Crippen LogP contribution in [0.1, 0.15) is 58.2 Å². The first-order valence-corrected chi connectivity index (χ1v) is 9.25. The highest BCUT2D eigenvalue weighted by molar-refractivity contribution is 6.08. The van der Waals surface area contributed by atoms with Crippen LogP contribution in [0.25, 0.3) is 10.9 Å². The molecule has 28 heavy (non-hydrogen) atoms. The van der Waals surface area contributed by atoms with Crippen molar-refractivity contribution in [3.8, 4) is 6.07 Å². The highest BCUT2D eigenvalue weighted by Crippen LogP contribution is 2.29. The average Bonchev–Trinajstić information content (AvgIpc) is 2.96. The predicted octanol–water partition coefficient (Wildman–Crippen LogP) is 3.64. The summed E-state index contributed by atoms with van der Waals surface area (Å²) in [6.45, 7) is 9.88. The molecule has 1 aromatic carbocycles. The molecular weight excluding hydrogens is 352 g/mol. The van der Waals surface area contributed by atoms with Gasteiger partial charge in [0, 0.05) is 35.4 Å². The predicted molar refractivity (Wildman–Crippen MR) is 109 cm³/mol. The number of carbonyl (C=O) groups excluding carboxylic acids is 1. The summed E-state index contributed by atoms with van der Waals surface area (Å²) in [5.41, 5.74) is 4.67. The van der Waals surface area contributed by atoms with Gasteiger partial charge in [-0.1, -0.05) is 0 Å². The molecule has 1 amide bonds. The van der Waals surface area contributed by atoms with E-state index in [1.54, 1.807) is 6.07 Å². The van der Waals surface area contributed by atoms with E-state index in [1.165, 1.54) is 0 Å². The first-order valence-electron chi connectivity index (χ1n) is 9.25. The van der Waals surface area contributed by atoms with E-state index < -0.39 is 0 Å². The molecule has 0 radical (unpaired) electrons. The van der Waals surface area contributed by atoms with E-state index in [1.807, 2.05) is 39.1 Å². The largest absolute Gasteiger partial charge is 0.348 e. The number of benzene rings is 1. The van der Waals surface area contributed by atoms with Gasteiger partial charge in [0.15, 0.2) is 0 Å². The van der Waals surface area contributed by atoms with Gasteiger partial charge in [-0.15, -0.1) is 0 Å². The lowest BCUT2D eigenvalue weighted by Gasteiger charge is -2.12. The fraction of sp³-hybridized carbons (Fsp3) is 0.318. The smallest absolute Gasteiger partial charge is 0.253 e. The number of pyridine rings is 1. The summed E-state index contributed by atoms with van der Waals surface area (Å²) < 4.78 is 2.07. The third-order valence-electron chi connectivity index (χ3n) is 4.97. The molecule has 0 atom stereocenters. The minimum Gasteiger partial charge on any atom is -0.348 e. The molecule has 144 valence electrons. The van der Waals surface area contributed by atoms with Crippen LogP contribution in [-0.2, 0) is 6.54 Å². The van der Waals surface area contributed by atoms with Crippen LogP contribution in [0.5, 0.6) is 0 Å². The zero-order valence-electron chi connectivity index (χ0n) is 16.8. The summed E-state index contributed by atoms with van der Waals surface area (Å²) in [5, 5.41) is 13.1. The van der Waals surface area contributed by atoms with Crippen LogP contribution in [0.4, 0.5) is 0 Å². The second kappa shape index (κ2) is 7.35. The number of fused-ring (bicyclic) bond motifs is 1. The molecule has 0 aliphatic rings. The molecule has 6 nitrogen and oxygen atoms in total. The Balaban J connectivity index is 2.03. The van der Waals surface area contributed by atoms with Gasteiger partial charge < -0.3 is 14.9 Å². The number of amides is 1. The quantitative estimate of drug-likeness (QED) is 0.728. The SMILES string of the molecule is Cc1cc(C)c(CNC(=O)c2cc(C#N)cc3c2c(C)cn3C(C)C)c(=O)[nH]1. The fourth-order valence-corrected chi connectivity index (χ4v) is 3.62.